The minimum Gasteiger partial charge on any atom is -0.497 e. The summed E-state index contributed by atoms with van der Waals surface area (Å²) in [5.41, 5.74) is 1.17. The molecule has 3 heterocycles. The number of esters is 1. The summed E-state index contributed by atoms with van der Waals surface area (Å²) >= 11 is 0. The van der Waals surface area contributed by atoms with Crippen molar-refractivity contribution in [2.45, 2.75) is 31.3 Å². The molecule has 1 amide bonds. The molecule has 0 radical (unpaired) electrons. The van der Waals surface area contributed by atoms with Gasteiger partial charge in [0.05, 0.1) is 31.7 Å². The van der Waals surface area contributed by atoms with Crippen molar-refractivity contribution in [3.05, 3.63) is 77.9 Å². The zero-order valence-corrected chi connectivity index (χ0v) is 17.6. The molecule has 2 bridgehead atoms. The third kappa shape index (κ3) is 3.22. The average Bonchev–Trinajstić information content (AvgIpc) is 3.46. The maximum Gasteiger partial charge on any atom is 0.313 e. The number of benzene rings is 2. The number of nitrogens with zero attached hydrogens (tertiary/aromatic N) is 1. The Morgan fingerprint density at radius 3 is 2.65 bits per heavy atom. The second kappa shape index (κ2) is 7.54. The Kier molecular flexibility index (Phi) is 4.82. The maximum atomic E-state index is 13.5. The van der Waals surface area contributed by atoms with Crippen LogP contribution in [0.25, 0.3) is 0 Å². The van der Waals surface area contributed by atoms with E-state index in [-0.39, 0.29) is 24.5 Å². The number of methoxy groups -OCH3 is 1. The summed E-state index contributed by atoms with van der Waals surface area (Å²) in [5, 5.41) is 0. The number of ether oxygens (including phenoxy) is 3. The predicted molar refractivity (Wildman–Crippen MR) is 113 cm³/mol. The molecular weight excluding hydrogens is 394 g/mol. The first kappa shape index (κ1) is 19.8. The van der Waals surface area contributed by atoms with Gasteiger partial charge in [-0.2, -0.15) is 0 Å². The first-order chi connectivity index (χ1) is 15.0. The standard InChI is InChI=1S/C25H25NO5/c1-16(18-8-10-19(29-2)11-9-18)26-15-25-13-12-20(31-25)21(22(25)23(26)27)24(28)30-14-17-6-4-3-5-7-17/h3-13,16,20-22H,14-15H2,1-2H3/t16-,20-,21+,22-,25-/m1/s1. The van der Waals surface area contributed by atoms with E-state index in [0.717, 1.165) is 16.9 Å². The van der Waals surface area contributed by atoms with Crippen LogP contribution in [-0.4, -0.2) is 42.1 Å². The summed E-state index contributed by atoms with van der Waals surface area (Å²) in [6.07, 6.45) is 3.46. The molecule has 6 heteroatoms. The number of carbonyl (C=O) groups is 2. The molecule has 31 heavy (non-hydrogen) atoms. The van der Waals surface area contributed by atoms with E-state index in [4.69, 9.17) is 14.2 Å². The van der Waals surface area contributed by atoms with E-state index < -0.39 is 23.5 Å². The van der Waals surface area contributed by atoms with Gasteiger partial charge in [0, 0.05) is 0 Å². The van der Waals surface area contributed by atoms with Gasteiger partial charge in [-0.3, -0.25) is 9.59 Å². The van der Waals surface area contributed by atoms with Gasteiger partial charge in [-0.25, -0.2) is 0 Å². The lowest BCUT2D eigenvalue weighted by molar-refractivity contribution is -0.155. The Morgan fingerprint density at radius 1 is 1.19 bits per heavy atom. The van der Waals surface area contributed by atoms with Crippen LogP contribution in [0.4, 0.5) is 0 Å². The van der Waals surface area contributed by atoms with Crippen molar-refractivity contribution in [3.8, 4) is 5.75 Å². The van der Waals surface area contributed by atoms with Crippen molar-refractivity contribution in [2.24, 2.45) is 11.8 Å². The van der Waals surface area contributed by atoms with Gasteiger partial charge in [0.2, 0.25) is 5.91 Å². The van der Waals surface area contributed by atoms with Gasteiger partial charge in [0.1, 0.15) is 23.9 Å². The van der Waals surface area contributed by atoms with E-state index in [1.807, 2.05) is 78.6 Å². The van der Waals surface area contributed by atoms with Crippen molar-refractivity contribution in [3.63, 3.8) is 0 Å². The topological polar surface area (TPSA) is 65.1 Å². The molecule has 2 saturated heterocycles. The number of rotatable bonds is 6. The van der Waals surface area contributed by atoms with Gasteiger partial charge < -0.3 is 19.1 Å². The molecule has 0 saturated carbocycles. The lowest BCUT2D eigenvalue weighted by atomic mass is 9.77. The number of hydrogen-bond acceptors (Lipinski definition) is 5. The van der Waals surface area contributed by atoms with Crippen molar-refractivity contribution < 1.29 is 23.8 Å². The SMILES string of the molecule is COc1ccc([C@@H](C)N2C[C@@]34C=C[C@@H](O3)[C@H](C(=O)OCc3ccccc3)[C@@H]4C2=O)cc1. The van der Waals surface area contributed by atoms with Crippen LogP contribution in [0.2, 0.25) is 0 Å². The van der Waals surface area contributed by atoms with Crippen LogP contribution < -0.4 is 4.74 Å². The summed E-state index contributed by atoms with van der Waals surface area (Å²) < 4.78 is 17.0. The van der Waals surface area contributed by atoms with Gasteiger partial charge in [-0.05, 0) is 30.2 Å². The highest BCUT2D eigenvalue weighted by Crippen LogP contribution is 2.53. The molecule has 0 aromatic heterocycles. The summed E-state index contributed by atoms with van der Waals surface area (Å²) in [5.74, 6) is -0.833. The average molecular weight is 419 g/mol. The van der Waals surface area contributed by atoms with Gasteiger partial charge in [-0.15, -0.1) is 0 Å². The molecular formula is C25H25NO5. The number of carbonyl (C=O) groups excluding carboxylic acids is 2. The van der Waals surface area contributed by atoms with E-state index in [0.29, 0.717) is 6.54 Å². The molecule has 6 nitrogen and oxygen atoms in total. The van der Waals surface area contributed by atoms with Crippen molar-refractivity contribution in [1.29, 1.82) is 0 Å². The molecule has 5 rings (SSSR count). The van der Waals surface area contributed by atoms with Crippen LogP contribution in [0.1, 0.15) is 24.1 Å². The van der Waals surface area contributed by atoms with Gasteiger partial charge >= 0.3 is 5.97 Å². The minimum absolute atomic E-state index is 0.0585. The van der Waals surface area contributed by atoms with E-state index >= 15 is 0 Å². The van der Waals surface area contributed by atoms with Gasteiger partial charge in [0.25, 0.3) is 0 Å². The highest BCUT2D eigenvalue weighted by molar-refractivity contribution is 5.91. The second-order valence-electron chi connectivity index (χ2n) is 8.41. The smallest absolute Gasteiger partial charge is 0.313 e. The molecule has 0 unspecified atom stereocenters. The molecule has 0 N–H and O–H groups in total. The Morgan fingerprint density at radius 2 is 1.94 bits per heavy atom. The quantitative estimate of drug-likeness (QED) is 0.531. The van der Waals surface area contributed by atoms with Gasteiger partial charge in [0.15, 0.2) is 0 Å². The first-order valence-electron chi connectivity index (χ1n) is 10.5. The van der Waals surface area contributed by atoms with Crippen LogP contribution in [0.5, 0.6) is 5.75 Å². The summed E-state index contributed by atoms with van der Waals surface area (Å²) in [6, 6.07) is 17.1. The molecule has 160 valence electrons. The van der Waals surface area contributed by atoms with Gasteiger partial charge in [-0.1, -0.05) is 54.6 Å². The lowest BCUT2D eigenvalue weighted by Crippen LogP contribution is -2.40. The molecule has 2 aromatic rings. The van der Waals surface area contributed by atoms with Crippen LogP contribution in [0.15, 0.2) is 66.7 Å². The summed E-state index contributed by atoms with van der Waals surface area (Å²) in [7, 11) is 1.62. The fraction of sp³-hybridized carbons (Fsp3) is 0.360. The van der Waals surface area contributed by atoms with E-state index in [1.165, 1.54) is 0 Å². The third-order valence-electron chi connectivity index (χ3n) is 6.69. The molecule has 3 aliphatic heterocycles. The zero-order valence-electron chi connectivity index (χ0n) is 17.6. The molecule has 2 fully saturated rings. The number of likely N-dealkylation sites (tertiary alicyclic amines) is 1. The molecule has 5 atom stereocenters. The molecule has 1 spiro atoms. The maximum absolute atomic E-state index is 13.5. The summed E-state index contributed by atoms with van der Waals surface area (Å²) in [6.45, 7) is 2.61. The zero-order chi connectivity index (χ0) is 21.6. The van der Waals surface area contributed by atoms with Crippen LogP contribution in [0.3, 0.4) is 0 Å². The van der Waals surface area contributed by atoms with Crippen LogP contribution in [0, 0.1) is 11.8 Å². The van der Waals surface area contributed by atoms with Crippen LogP contribution in [-0.2, 0) is 25.7 Å². The Hall–Kier alpha value is -3.12. The first-order valence-corrected chi connectivity index (χ1v) is 10.5. The highest BCUT2D eigenvalue weighted by Gasteiger charge is 2.67. The fourth-order valence-electron chi connectivity index (χ4n) is 5.01. The number of amides is 1. The third-order valence-corrected chi connectivity index (χ3v) is 6.69. The van der Waals surface area contributed by atoms with Crippen molar-refractivity contribution in [2.75, 3.05) is 13.7 Å². The molecule has 3 aliphatic rings. The normalized spacial score (nSPS) is 29.2. The van der Waals surface area contributed by atoms with Crippen LogP contribution >= 0.6 is 0 Å². The minimum atomic E-state index is -0.751. The molecule has 0 aliphatic carbocycles. The van der Waals surface area contributed by atoms with E-state index in [1.54, 1.807) is 7.11 Å². The lowest BCUT2D eigenvalue weighted by Gasteiger charge is -2.27. The Balaban J connectivity index is 1.34. The van der Waals surface area contributed by atoms with Crippen molar-refractivity contribution in [1.82, 2.24) is 4.90 Å². The number of hydrogen-bond donors (Lipinski definition) is 0. The van der Waals surface area contributed by atoms with E-state index in [2.05, 4.69) is 0 Å². The summed E-state index contributed by atoms with van der Waals surface area (Å²) in [4.78, 5) is 28.3. The van der Waals surface area contributed by atoms with E-state index in [9.17, 15) is 9.59 Å². The monoisotopic (exact) mass is 419 g/mol. The fourth-order valence-corrected chi connectivity index (χ4v) is 5.01. The highest BCUT2D eigenvalue weighted by atomic mass is 16.6. The second-order valence-corrected chi connectivity index (χ2v) is 8.41. The van der Waals surface area contributed by atoms with Crippen molar-refractivity contribution >= 4 is 11.9 Å². The molecule has 2 aromatic carbocycles. The number of fused-ring (bicyclic) bond motifs is 1. The predicted octanol–water partition coefficient (Wildman–Crippen LogP) is 3.28. The Bertz CT molecular complexity index is 1020. The Labute approximate surface area is 181 Å². The largest absolute Gasteiger partial charge is 0.497 e.